The van der Waals surface area contributed by atoms with Crippen LogP contribution in [0.3, 0.4) is 0 Å². The van der Waals surface area contributed by atoms with Crippen LogP contribution in [-0.4, -0.2) is 17.7 Å². The third kappa shape index (κ3) is 2.32. The van der Waals surface area contributed by atoms with Gasteiger partial charge in [0, 0.05) is 0 Å². The minimum atomic E-state index is -0.582. The second-order valence-corrected chi connectivity index (χ2v) is 4.06. The van der Waals surface area contributed by atoms with Crippen LogP contribution in [-0.2, 0) is 9.59 Å². The van der Waals surface area contributed by atoms with Gasteiger partial charge in [0.2, 0.25) is 5.91 Å². The zero-order valence-electron chi connectivity index (χ0n) is 9.98. The molecule has 0 radical (unpaired) electrons. The molecule has 1 aromatic carbocycles. The molecule has 6 heteroatoms. The van der Waals surface area contributed by atoms with Crippen molar-refractivity contribution in [2.75, 3.05) is 5.32 Å². The lowest BCUT2D eigenvalue weighted by molar-refractivity contribution is -0.124. The molecule has 6 nitrogen and oxygen atoms in total. The first-order chi connectivity index (χ1) is 8.47. The first-order valence-corrected chi connectivity index (χ1v) is 5.37. The lowest BCUT2D eigenvalue weighted by Gasteiger charge is -2.04. The minimum absolute atomic E-state index is 0.201. The smallest absolute Gasteiger partial charge is 0.324 e. The number of urea groups is 1. The fourth-order valence-corrected chi connectivity index (χ4v) is 1.67. The van der Waals surface area contributed by atoms with Crippen LogP contribution < -0.4 is 16.0 Å². The number of hydrogen-bond acceptors (Lipinski definition) is 3. The zero-order chi connectivity index (χ0) is 13.3. The summed E-state index contributed by atoms with van der Waals surface area (Å²) in [5.41, 5.74) is 1.21. The number of nitrogens with one attached hydrogen (secondary N) is 1. The molecule has 1 aromatic rings. The van der Waals surface area contributed by atoms with Crippen LogP contribution in [0, 0.1) is 6.92 Å². The summed E-state index contributed by atoms with van der Waals surface area (Å²) in [6, 6.07) is 2.80. The van der Waals surface area contributed by atoms with Crippen molar-refractivity contribution in [2.45, 2.75) is 20.3 Å². The molecule has 0 unspecified atom stereocenters. The Kier molecular flexibility index (Phi) is 3.01. The molecule has 0 saturated heterocycles. The number of amides is 3. The van der Waals surface area contributed by atoms with Gasteiger partial charge in [-0.15, -0.1) is 0 Å². The fourth-order valence-electron chi connectivity index (χ4n) is 1.67. The quantitative estimate of drug-likeness (QED) is 0.776. The van der Waals surface area contributed by atoms with E-state index in [9.17, 15) is 14.4 Å². The van der Waals surface area contributed by atoms with Gasteiger partial charge in [0.15, 0.2) is 0 Å². The van der Waals surface area contributed by atoms with Crippen LogP contribution in [0.5, 0.6) is 0 Å². The number of hydrogen-bond donors (Lipinski definition) is 1. The molecule has 0 bridgehead atoms. The number of Topliss-reactive ketones (excluding diaryl/α,β-unsaturated/α-hetero) is 1. The van der Waals surface area contributed by atoms with E-state index in [-0.39, 0.29) is 12.2 Å². The standard InChI is InChI=1S/C12H11N3O3/c1-6-3-4-8(13-9(17)5-7(2)16)11-10(6)14-12(18)15-11/h3-4H,5H2,1-2H3,(H,13,17). The summed E-state index contributed by atoms with van der Waals surface area (Å²) in [5, 5.41) is 3.39. The normalized spacial score (nSPS) is 12.4. The minimum Gasteiger partial charge on any atom is -0.324 e. The van der Waals surface area contributed by atoms with Gasteiger partial charge in [-0.1, -0.05) is 6.07 Å². The molecule has 0 fully saturated rings. The molecular weight excluding hydrogens is 234 g/mol. The third-order valence-corrected chi connectivity index (χ3v) is 2.45. The van der Waals surface area contributed by atoms with Gasteiger partial charge < -0.3 is 5.32 Å². The topological polar surface area (TPSA) is 88.0 Å². The molecule has 1 aliphatic rings. The summed E-state index contributed by atoms with van der Waals surface area (Å²) in [5.74, 6) is -0.655. The molecule has 1 heterocycles. The summed E-state index contributed by atoms with van der Waals surface area (Å²) in [4.78, 5) is 41.0. The van der Waals surface area contributed by atoms with Crippen LogP contribution in [0.1, 0.15) is 18.9 Å². The molecule has 0 saturated carbocycles. The van der Waals surface area contributed by atoms with E-state index in [0.717, 1.165) is 5.56 Å². The predicted molar refractivity (Wildman–Crippen MR) is 62.8 cm³/mol. The maximum atomic E-state index is 11.5. The van der Waals surface area contributed by atoms with E-state index in [0.29, 0.717) is 16.4 Å². The van der Waals surface area contributed by atoms with Crippen molar-refractivity contribution in [1.82, 2.24) is 0 Å². The van der Waals surface area contributed by atoms with E-state index in [2.05, 4.69) is 15.3 Å². The van der Waals surface area contributed by atoms with Gasteiger partial charge in [0.1, 0.15) is 11.1 Å². The lowest BCUT2D eigenvalue weighted by Crippen LogP contribution is -2.30. The number of carbonyl (C=O) groups is 3. The Hall–Kier alpha value is -2.37. The molecule has 0 atom stereocenters. The van der Waals surface area contributed by atoms with Gasteiger partial charge in [0.05, 0.1) is 17.5 Å². The molecule has 1 N–H and O–H groups in total. The second-order valence-electron chi connectivity index (χ2n) is 4.06. The molecule has 18 heavy (non-hydrogen) atoms. The highest BCUT2D eigenvalue weighted by molar-refractivity contribution is 6.03. The molecule has 92 valence electrons. The van der Waals surface area contributed by atoms with Gasteiger partial charge in [-0.25, -0.2) is 4.79 Å². The predicted octanol–water partition coefficient (Wildman–Crippen LogP) is 0.285. The number of ketones is 1. The summed E-state index contributed by atoms with van der Waals surface area (Å²) in [6.07, 6.45) is -0.201. The number of benzene rings is 1. The van der Waals surface area contributed by atoms with Crippen LogP contribution >= 0.6 is 0 Å². The van der Waals surface area contributed by atoms with Gasteiger partial charge >= 0.3 is 6.03 Å². The summed E-state index contributed by atoms with van der Waals surface area (Å²) >= 11 is 0. The van der Waals surface area contributed by atoms with Crippen LogP contribution in [0.4, 0.5) is 10.5 Å². The number of aryl methyl sites for hydroxylation is 1. The van der Waals surface area contributed by atoms with Crippen molar-refractivity contribution in [2.24, 2.45) is 9.98 Å². The van der Waals surface area contributed by atoms with Crippen molar-refractivity contribution in [3.05, 3.63) is 28.4 Å². The van der Waals surface area contributed by atoms with Crippen molar-refractivity contribution in [1.29, 1.82) is 0 Å². The molecule has 0 spiro atoms. The number of anilines is 1. The van der Waals surface area contributed by atoms with Gasteiger partial charge in [-0.3, -0.25) is 9.59 Å². The summed E-state index contributed by atoms with van der Waals surface area (Å²) in [6.45, 7) is 3.14. The van der Waals surface area contributed by atoms with E-state index < -0.39 is 11.9 Å². The Balaban J connectivity index is 2.39. The Morgan fingerprint density at radius 1 is 1.22 bits per heavy atom. The maximum absolute atomic E-state index is 11.5. The van der Waals surface area contributed by atoms with E-state index in [4.69, 9.17) is 0 Å². The Morgan fingerprint density at radius 3 is 2.56 bits per heavy atom. The monoisotopic (exact) mass is 245 g/mol. The van der Waals surface area contributed by atoms with Gasteiger partial charge in [0.25, 0.3) is 0 Å². The third-order valence-electron chi connectivity index (χ3n) is 2.45. The van der Waals surface area contributed by atoms with Crippen molar-refractivity contribution in [3.8, 4) is 0 Å². The van der Waals surface area contributed by atoms with E-state index >= 15 is 0 Å². The Bertz CT molecular complexity index is 677. The molecule has 1 aliphatic heterocycles. The highest BCUT2D eigenvalue weighted by Crippen LogP contribution is 2.03. The van der Waals surface area contributed by atoms with Crippen molar-refractivity contribution < 1.29 is 14.4 Å². The molecular formula is C12H11N3O3. The second kappa shape index (κ2) is 4.48. The molecule has 0 aliphatic carbocycles. The first-order valence-electron chi connectivity index (χ1n) is 5.37. The highest BCUT2D eigenvalue weighted by Gasteiger charge is 2.13. The zero-order valence-corrected chi connectivity index (χ0v) is 9.98. The van der Waals surface area contributed by atoms with Crippen LogP contribution in [0.25, 0.3) is 0 Å². The maximum Gasteiger partial charge on any atom is 0.368 e. The lowest BCUT2D eigenvalue weighted by atomic mass is 10.2. The fraction of sp³-hybridized carbons (Fsp3) is 0.250. The number of nitrogens with zero attached hydrogens (tertiary/aromatic N) is 2. The number of rotatable bonds is 3. The van der Waals surface area contributed by atoms with Gasteiger partial charge in [-0.05, 0) is 25.5 Å². The average molecular weight is 245 g/mol. The van der Waals surface area contributed by atoms with Gasteiger partial charge in [-0.2, -0.15) is 9.98 Å². The largest absolute Gasteiger partial charge is 0.368 e. The van der Waals surface area contributed by atoms with Crippen LogP contribution in [0.15, 0.2) is 22.1 Å². The Labute approximate surface area is 102 Å². The van der Waals surface area contributed by atoms with E-state index in [1.807, 2.05) is 0 Å². The highest BCUT2D eigenvalue weighted by atomic mass is 16.2. The molecule has 0 aromatic heterocycles. The van der Waals surface area contributed by atoms with E-state index in [1.54, 1.807) is 19.1 Å². The first kappa shape index (κ1) is 12.1. The van der Waals surface area contributed by atoms with Crippen LogP contribution in [0.2, 0.25) is 0 Å². The molecule has 3 amide bonds. The van der Waals surface area contributed by atoms with Crippen molar-refractivity contribution in [3.63, 3.8) is 0 Å². The average Bonchev–Trinajstić information content (AvgIpc) is 2.64. The number of fused-ring (bicyclic) bond motifs is 1. The van der Waals surface area contributed by atoms with E-state index in [1.165, 1.54) is 6.92 Å². The summed E-state index contributed by atoms with van der Waals surface area (Å²) < 4.78 is 0. The summed E-state index contributed by atoms with van der Waals surface area (Å²) in [7, 11) is 0. The number of carbonyl (C=O) groups excluding carboxylic acids is 3. The molecule has 2 rings (SSSR count). The SMILES string of the molecule is CC(=O)CC(=O)Nc1ccc(C)c2c1=NC(=O)N=2. The Morgan fingerprint density at radius 2 is 1.89 bits per heavy atom. The van der Waals surface area contributed by atoms with Crippen molar-refractivity contribution >= 4 is 23.4 Å².